The summed E-state index contributed by atoms with van der Waals surface area (Å²) in [5.74, 6) is -0.187. The normalized spacial score (nSPS) is 10.5. The monoisotopic (exact) mass is 369 g/mol. The van der Waals surface area contributed by atoms with Crippen molar-refractivity contribution < 1.29 is 4.79 Å². The topological polar surface area (TPSA) is 29.1 Å². The summed E-state index contributed by atoms with van der Waals surface area (Å²) in [6.45, 7) is 0. The third-order valence-electron chi connectivity index (χ3n) is 3.96. The lowest BCUT2D eigenvalue weighted by atomic mass is 9.99. The standard InChI is InChI=1S/C21H17Cl2NO/c22-17-12-13-19(23)20(14-17)24-21(25)18-9-5-4-8-16(18)11-10-15-6-2-1-3-7-15/h1-9,12-14H,10-11H2,(H,24,25). The molecule has 0 saturated carbocycles. The van der Waals surface area contributed by atoms with Gasteiger partial charge < -0.3 is 5.32 Å². The molecule has 0 unspecified atom stereocenters. The van der Waals surface area contributed by atoms with Crippen LogP contribution >= 0.6 is 23.2 Å². The van der Waals surface area contributed by atoms with E-state index in [1.54, 1.807) is 18.2 Å². The summed E-state index contributed by atoms with van der Waals surface area (Å²) in [6, 6.07) is 22.9. The second-order valence-electron chi connectivity index (χ2n) is 5.72. The molecule has 3 aromatic rings. The van der Waals surface area contributed by atoms with E-state index in [1.807, 2.05) is 42.5 Å². The van der Waals surface area contributed by atoms with Crippen LogP contribution in [0.15, 0.2) is 72.8 Å². The first-order chi connectivity index (χ1) is 12.1. The predicted octanol–water partition coefficient (Wildman–Crippen LogP) is 6.03. The molecule has 0 spiro atoms. The molecule has 4 heteroatoms. The smallest absolute Gasteiger partial charge is 0.255 e. The number of hydrogen-bond acceptors (Lipinski definition) is 1. The first-order valence-electron chi connectivity index (χ1n) is 8.02. The van der Waals surface area contributed by atoms with Crippen molar-refractivity contribution in [1.29, 1.82) is 0 Å². The molecular weight excluding hydrogens is 353 g/mol. The van der Waals surface area contributed by atoms with E-state index in [9.17, 15) is 4.79 Å². The molecule has 0 aromatic heterocycles. The molecule has 126 valence electrons. The van der Waals surface area contributed by atoms with Crippen LogP contribution in [-0.2, 0) is 12.8 Å². The molecule has 0 fully saturated rings. The van der Waals surface area contributed by atoms with Crippen molar-refractivity contribution >= 4 is 34.8 Å². The Morgan fingerprint density at radius 1 is 0.840 bits per heavy atom. The number of anilines is 1. The lowest BCUT2D eigenvalue weighted by molar-refractivity contribution is 0.102. The third kappa shape index (κ3) is 4.62. The second-order valence-corrected chi connectivity index (χ2v) is 6.56. The van der Waals surface area contributed by atoms with E-state index in [2.05, 4.69) is 17.4 Å². The first-order valence-corrected chi connectivity index (χ1v) is 8.77. The van der Waals surface area contributed by atoms with Gasteiger partial charge in [0.1, 0.15) is 0 Å². The minimum absolute atomic E-state index is 0.187. The van der Waals surface area contributed by atoms with E-state index in [0.29, 0.717) is 21.3 Å². The molecule has 0 aliphatic rings. The van der Waals surface area contributed by atoms with E-state index in [0.717, 1.165) is 18.4 Å². The molecule has 0 heterocycles. The van der Waals surface area contributed by atoms with E-state index in [4.69, 9.17) is 23.2 Å². The second kappa shape index (κ2) is 8.19. The zero-order chi connectivity index (χ0) is 17.6. The summed E-state index contributed by atoms with van der Waals surface area (Å²) in [6.07, 6.45) is 1.67. The summed E-state index contributed by atoms with van der Waals surface area (Å²) >= 11 is 12.1. The third-order valence-corrected chi connectivity index (χ3v) is 4.53. The zero-order valence-electron chi connectivity index (χ0n) is 13.5. The maximum absolute atomic E-state index is 12.7. The Bertz CT molecular complexity index is 878. The summed E-state index contributed by atoms with van der Waals surface area (Å²) in [7, 11) is 0. The SMILES string of the molecule is O=C(Nc1cc(Cl)ccc1Cl)c1ccccc1CCc1ccccc1. The molecule has 1 N–H and O–H groups in total. The van der Waals surface area contributed by atoms with Crippen LogP contribution in [0.1, 0.15) is 21.5 Å². The quantitative estimate of drug-likeness (QED) is 0.584. The largest absolute Gasteiger partial charge is 0.321 e. The molecule has 3 aromatic carbocycles. The average molecular weight is 370 g/mol. The van der Waals surface area contributed by atoms with Gasteiger partial charge in [-0.15, -0.1) is 0 Å². The van der Waals surface area contributed by atoms with Crippen LogP contribution in [0.3, 0.4) is 0 Å². The Hall–Kier alpha value is -2.29. The number of aryl methyl sites for hydroxylation is 2. The highest BCUT2D eigenvalue weighted by atomic mass is 35.5. The van der Waals surface area contributed by atoms with Gasteiger partial charge in [0.15, 0.2) is 0 Å². The van der Waals surface area contributed by atoms with E-state index in [1.165, 1.54) is 5.56 Å². The Labute approximate surface area is 157 Å². The number of amides is 1. The number of hydrogen-bond donors (Lipinski definition) is 1. The maximum atomic E-state index is 12.7. The highest BCUT2D eigenvalue weighted by Crippen LogP contribution is 2.26. The lowest BCUT2D eigenvalue weighted by Gasteiger charge is -2.11. The van der Waals surface area contributed by atoms with Gasteiger partial charge in [-0.05, 0) is 48.2 Å². The summed E-state index contributed by atoms with van der Waals surface area (Å²) < 4.78 is 0. The molecule has 0 radical (unpaired) electrons. The zero-order valence-corrected chi connectivity index (χ0v) is 15.0. The Morgan fingerprint density at radius 2 is 1.56 bits per heavy atom. The number of carbonyl (C=O) groups is 1. The Balaban J connectivity index is 1.77. The van der Waals surface area contributed by atoms with Crippen LogP contribution in [0.5, 0.6) is 0 Å². The molecule has 0 saturated heterocycles. The molecule has 25 heavy (non-hydrogen) atoms. The van der Waals surface area contributed by atoms with Crippen molar-refractivity contribution in [3.8, 4) is 0 Å². The van der Waals surface area contributed by atoms with Crippen molar-refractivity contribution in [1.82, 2.24) is 0 Å². The highest BCUT2D eigenvalue weighted by Gasteiger charge is 2.13. The first kappa shape index (κ1) is 17.5. The van der Waals surface area contributed by atoms with E-state index < -0.39 is 0 Å². The van der Waals surface area contributed by atoms with Crippen molar-refractivity contribution in [2.24, 2.45) is 0 Å². The van der Waals surface area contributed by atoms with Gasteiger partial charge in [-0.25, -0.2) is 0 Å². The number of carbonyl (C=O) groups excluding carboxylic acids is 1. The molecule has 0 bridgehead atoms. The van der Waals surface area contributed by atoms with Crippen LogP contribution < -0.4 is 5.32 Å². The van der Waals surface area contributed by atoms with Crippen LogP contribution in [0, 0.1) is 0 Å². The van der Waals surface area contributed by atoms with Crippen LogP contribution in [0.4, 0.5) is 5.69 Å². The van der Waals surface area contributed by atoms with Crippen LogP contribution in [-0.4, -0.2) is 5.91 Å². The fraction of sp³-hybridized carbons (Fsp3) is 0.0952. The highest BCUT2D eigenvalue weighted by molar-refractivity contribution is 6.35. The molecule has 0 atom stereocenters. The van der Waals surface area contributed by atoms with Crippen molar-refractivity contribution in [2.45, 2.75) is 12.8 Å². The summed E-state index contributed by atoms with van der Waals surface area (Å²) in [5.41, 5.74) is 3.41. The predicted molar refractivity (Wildman–Crippen MR) is 105 cm³/mol. The van der Waals surface area contributed by atoms with Crippen molar-refractivity contribution in [2.75, 3.05) is 5.32 Å². The van der Waals surface area contributed by atoms with Crippen LogP contribution in [0.2, 0.25) is 10.0 Å². The number of nitrogens with one attached hydrogen (secondary N) is 1. The number of benzene rings is 3. The van der Waals surface area contributed by atoms with Crippen molar-refractivity contribution in [3.63, 3.8) is 0 Å². The minimum Gasteiger partial charge on any atom is -0.321 e. The minimum atomic E-state index is -0.187. The van der Waals surface area contributed by atoms with Gasteiger partial charge in [-0.3, -0.25) is 4.79 Å². The average Bonchev–Trinajstić information content (AvgIpc) is 2.64. The van der Waals surface area contributed by atoms with Gasteiger partial charge in [-0.1, -0.05) is 71.7 Å². The van der Waals surface area contributed by atoms with Crippen molar-refractivity contribution in [3.05, 3.63) is 99.5 Å². The number of rotatable bonds is 5. The molecule has 0 aliphatic heterocycles. The van der Waals surface area contributed by atoms with Gasteiger partial charge in [-0.2, -0.15) is 0 Å². The summed E-state index contributed by atoms with van der Waals surface area (Å²) in [5, 5.41) is 3.83. The van der Waals surface area contributed by atoms with Gasteiger partial charge >= 0.3 is 0 Å². The molecule has 2 nitrogen and oxygen atoms in total. The summed E-state index contributed by atoms with van der Waals surface area (Å²) in [4.78, 5) is 12.7. The molecule has 3 rings (SSSR count). The van der Waals surface area contributed by atoms with E-state index in [-0.39, 0.29) is 5.91 Å². The fourth-order valence-corrected chi connectivity index (χ4v) is 3.00. The van der Waals surface area contributed by atoms with Gasteiger partial charge in [0.05, 0.1) is 10.7 Å². The van der Waals surface area contributed by atoms with Crippen LogP contribution in [0.25, 0.3) is 0 Å². The fourth-order valence-electron chi connectivity index (χ4n) is 2.67. The van der Waals surface area contributed by atoms with Gasteiger partial charge in [0, 0.05) is 10.6 Å². The lowest BCUT2D eigenvalue weighted by Crippen LogP contribution is -2.15. The number of halogens is 2. The molecule has 0 aliphatic carbocycles. The Morgan fingerprint density at radius 3 is 2.36 bits per heavy atom. The molecular formula is C21H17Cl2NO. The van der Waals surface area contributed by atoms with E-state index >= 15 is 0 Å². The maximum Gasteiger partial charge on any atom is 0.255 e. The van der Waals surface area contributed by atoms with Gasteiger partial charge in [0.2, 0.25) is 0 Å². The van der Waals surface area contributed by atoms with Gasteiger partial charge in [0.25, 0.3) is 5.91 Å². The Kier molecular flexibility index (Phi) is 5.75. The molecule has 1 amide bonds.